The summed E-state index contributed by atoms with van der Waals surface area (Å²) < 4.78 is 5.47. The van der Waals surface area contributed by atoms with Gasteiger partial charge in [-0.2, -0.15) is 0 Å². The van der Waals surface area contributed by atoms with Gasteiger partial charge in [0.2, 0.25) is 5.89 Å². The van der Waals surface area contributed by atoms with E-state index in [-0.39, 0.29) is 18.1 Å². The van der Waals surface area contributed by atoms with E-state index in [0.29, 0.717) is 18.1 Å². The van der Waals surface area contributed by atoms with Crippen molar-refractivity contribution in [2.75, 3.05) is 32.7 Å². The Hall–Kier alpha value is -1.44. The number of oxazole rings is 1. The van der Waals surface area contributed by atoms with Crippen molar-refractivity contribution in [3.63, 3.8) is 0 Å². The lowest BCUT2D eigenvalue weighted by Crippen LogP contribution is -2.48. The number of carbonyl (C=O) groups excluding carboxylic acids is 1. The van der Waals surface area contributed by atoms with Crippen LogP contribution in [0.4, 0.5) is 0 Å². The van der Waals surface area contributed by atoms with Crippen LogP contribution in [-0.4, -0.2) is 70.7 Å². The van der Waals surface area contributed by atoms with Gasteiger partial charge in [0.25, 0.3) is 5.91 Å². The zero-order valence-corrected chi connectivity index (χ0v) is 16.4. The van der Waals surface area contributed by atoms with Crippen molar-refractivity contribution >= 4 is 5.91 Å². The maximum atomic E-state index is 12.1. The molecule has 2 atom stereocenters. The Morgan fingerprint density at radius 1 is 1.31 bits per heavy atom. The van der Waals surface area contributed by atoms with E-state index in [0.717, 1.165) is 58.4 Å². The molecule has 148 valence electrons. The largest absolute Gasteiger partial charge is 0.447 e. The summed E-state index contributed by atoms with van der Waals surface area (Å²) in [6.07, 6.45) is 5.19. The zero-order valence-electron chi connectivity index (χ0n) is 16.4. The number of unbranched alkanes of at least 4 members (excludes halogenated alkanes) is 1. The first-order valence-corrected chi connectivity index (χ1v) is 9.89. The van der Waals surface area contributed by atoms with Crippen molar-refractivity contribution in [3.8, 4) is 0 Å². The number of aliphatic hydroxyl groups is 1. The first-order chi connectivity index (χ1) is 12.5. The number of rotatable bonds is 10. The van der Waals surface area contributed by atoms with Crippen molar-refractivity contribution in [2.24, 2.45) is 0 Å². The van der Waals surface area contributed by atoms with Gasteiger partial charge in [0, 0.05) is 38.8 Å². The third kappa shape index (κ3) is 6.70. The van der Waals surface area contributed by atoms with E-state index in [1.54, 1.807) is 0 Å². The molecule has 7 nitrogen and oxygen atoms in total. The first kappa shape index (κ1) is 20.9. The summed E-state index contributed by atoms with van der Waals surface area (Å²) in [5, 5.41) is 12.9. The summed E-state index contributed by atoms with van der Waals surface area (Å²) in [6.45, 7) is 11.2. The zero-order chi connectivity index (χ0) is 18.9. The number of β-amino-alcohol motifs (C(OH)–C–C–N with tert-alkyl or cyclic N) is 1. The molecule has 0 saturated carbocycles. The molecule has 2 rings (SSSR count). The molecule has 1 aromatic rings. The van der Waals surface area contributed by atoms with Crippen LogP contribution in [0.15, 0.2) is 10.7 Å². The summed E-state index contributed by atoms with van der Waals surface area (Å²) in [5.41, 5.74) is 0.345. The highest BCUT2D eigenvalue weighted by Gasteiger charge is 2.21. The van der Waals surface area contributed by atoms with Crippen molar-refractivity contribution in [1.29, 1.82) is 0 Å². The molecule has 1 aliphatic rings. The van der Waals surface area contributed by atoms with Crippen molar-refractivity contribution in [2.45, 2.75) is 65.1 Å². The van der Waals surface area contributed by atoms with Gasteiger partial charge in [-0.3, -0.25) is 14.6 Å². The maximum absolute atomic E-state index is 12.1. The molecule has 1 aliphatic heterocycles. The molecule has 1 amide bonds. The third-order valence-electron chi connectivity index (χ3n) is 4.96. The molecule has 1 saturated heterocycles. The molecule has 0 unspecified atom stereocenters. The van der Waals surface area contributed by atoms with E-state index >= 15 is 0 Å². The molecule has 2 heterocycles. The summed E-state index contributed by atoms with van der Waals surface area (Å²) >= 11 is 0. The number of carbonyl (C=O) groups is 1. The molecule has 0 bridgehead atoms. The Balaban J connectivity index is 1.73. The van der Waals surface area contributed by atoms with Gasteiger partial charge in [0.05, 0.1) is 12.6 Å². The molecular weight excluding hydrogens is 332 g/mol. The van der Waals surface area contributed by atoms with E-state index in [4.69, 9.17) is 4.42 Å². The van der Waals surface area contributed by atoms with E-state index < -0.39 is 0 Å². The number of amides is 1. The SMILES string of the molecule is CCCC[C@H](O)CN1CCN(Cc2nc(C(=O)N[C@@H](C)CC)co2)CC1. The topological polar surface area (TPSA) is 81.8 Å². The normalized spacial score (nSPS) is 18.6. The predicted molar refractivity (Wildman–Crippen MR) is 101 cm³/mol. The van der Waals surface area contributed by atoms with Crippen LogP contribution in [0.25, 0.3) is 0 Å². The smallest absolute Gasteiger partial charge is 0.273 e. The van der Waals surface area contributed by atoms with E-state index in [9.17, 15) is 9.90 Å². The van der Waals surface area contributed by atoms with Crippen LogP contribution in [0, 0.1) is 0 Å². The molecule has 1 aromatic heterocycles. The van der Waals surface area contributed by atoms with Gasteiger partial charge < -0.3 is 14.8 Å². The van der Waals surface area contributed by atoms with Crippen LogP contribution in [0.5, 0.6) is 0 Å². The molecule has 7 heteroatoms. The van der Waals surface area contributed by atoms with Crippen LogP contribution in [0.1, 0.15) is 62.8 Å². The highest BCUT2D eigenvalue weighted by atomic mass is 16.3. The van der Waals surface area contributed by atoms with Crippen LogP contribution >= 0.6 is 0 Å². The van der Waals surface area contributed by atoms with Crippen molar-refractivity contribution in [3.05, 3.63) is 17.8 Å². The van der Waals surface area contributed by atoms with Crippen LogP contribution in [0.3, 0.4) is 0 Å². The average Bonchev–Trinajstić information content (AvgIpc) is 3.10. The lowest BCUT2D eigenvalue weighted by Gasteiger charge is -2.35. The van der Waals surface area contributed by atoms with Gasteiger partial charge in [-0.1, -0.05) is 26.7 Å². The summed E-state index contributed by atoms with van der Waals surface area (Å²) in [6, 6.07) is 0.128. The van der Waals surface area contributed by atoms with Crippen LogP contribution < -0.4 is 5.32 Å². The van der Waals surface area contributed by atoms with Crippen LogP contribution in [0.2, 0.25) is 0 Å². The van der Waals surface area contributed by atoms with Gasteiger partial charge in [-0.15, -0.1) is 0 Å². The molecule has 0 aliphatic carbocycles. The molecule has 0 radical (unpaired) electrons. The Morgan fingerprint density at radius 2 is 2.00 bits per heavy atom. The number of hydrogen-bond donors (Lipinski definition) is 2. The molecule has 2 N–H and O–H groups in total. The fraction of sp³-hybridized carbons (Fsp3) is 0.789. The quantitative estimate of drug-likeness (QED) is 0.658. The molecular formula is C19H34N4O3. The molecule has 0 spiro atoms. The fourth-order valence-corrected chi connectivity index (χ4v) is 3.04. The summed E-state index contributed by atoms with van der Waals surface area (Å²) in [7, 11) is 0. The third-order valence-corrected chi connectivity index (χ3v) is 4.96. The Bertz CT molecular complexity index is 541. The van der Waals surface area contributed by atoms with Gasteiger partial charge in [0.15, 0.2) is 5.69 Å². The summed E-state index contributed by atoms with van der Waals surface area (Å²) in [5.74, 6) is 0.399. The molecule has 1 fully saturated rings. The number of nitrogens with zero attached hydrogens (tertiary/aromatic N) is 3. The van der Waals surface area contributed by atoms with Crippen molar-refractivity contribution in [1.82, 2.24) is 20.1 Å². The Morgan fingerprint density at radius 3 is 2.65 bits per heavy atom. The van der Waals surface area contributed by atoms with Gasteiger partial charge in [0.1, 0.15) is 6.26 Å². The highest BCUT2D eigenvalue weighted by Crippen LogP contribution is 2.11. The van der Waals surface area contributed by atoms with Gasteiger partial charge in [-0.25, -0.2) is 4.98 Å². The maximum Gasteiger partial charge on any atom is 0.273 e. The predicted octanol–water partition coefficient (Wildman–Crippen LogP) is 1.87. The van der Waals surface area contributed by atoms with E-state index in [1.807, 2.05) is 13.8 Å². The number of piperazine rings is 1. The minimum absolute atomic E-state index is 0.128. The lowest BCUT2D eigenvalue weighted by molar-refractivity contribution is 0.0627. The Labute approximate surface area is 156 Å². The fourth-order valence-electron chi connectivity index (χ4n) is 3.04. The number of nitrogens with one attached hydrogen (secondary N) is 1. The minimum atomic E-state index is -0.222. The highest BCUT2D eigenvalue weighted by molar-refractivity contribution is 5.92. The number of aromatic nitrogens is 1. The monoisotopic (exact) mass is 366 g/mol. The molecule has 0 aromatic carbocycles. The molecule has 26 heavy (non-hydrogen) atoms. The minimum Gasteiger partial charge on any atom is -0.447 e. The standard InChI is InChI=1S/C19H34N4O3/c1-4-6-7-16(24)12-22-8-10-23(11-9-22)13-18-21-17(14-26-18)19(25)20-15(3)5-2/h14-16,24H,4-13H2,1-3H3,(H,20,25)/t15-,16-/m0/s1. The average molecular weight is 367 g/mol. The first-order valence-electron chi connectivity index (χ1n) is 9.89. The Kier molecular flexibility index (Phi) is 8.54. The van der Waals surface area contributed by atoms with Gasteiger partial charge >= 0.3 is 0 Å². The second kappa shape index (κ2) is 10.6. The van der Waals surface area contributed by atoms with Crippen molar-refractivity contribution < 1.29 is 14.3 Å². The van der Waals surface area contributed by atoms with Crippen LogP contribution in [-0.2, 0) is 6.54 Å². The second-order valence-corrected chi connectivity index (χ2v) is 7.28. The van der Waals surface area contributed by atoms with E-state index in [1.165, 1.54) is 6.26 Å². The van der Waals surface area contributed by atoms with Gasteiger partial charge in [-0.05, 0) is 19.8 Å². The number of aliphatic hydroxyl groups excluding tert-OH is 1. The second-order valence-electron chi connectivity index (χ2n) is 7.28. The number of hydrogen-bond acceptors (Lipinski definition) is 6. The summed E-state index contributed by atoms with van der Waals surface area (Å²) in [4.78, 5) is 21.0. The lowest BCUT2D eigenvalue weighted by atomic mass is 10.1. The van der Waals surface area contributed by atoms with E-state index in [2.05, 4.69) is 27.0 Å².